The van der Waals surface area contributed by atoms with Crippen molar-refractivity contribution in [1.82, 2.24) is 15.5 Å². The topological polar surface area (TPSA) is 115 Å². The van der Waals surface area contributed by atoms with Gasteiger partial charge in [0.1, 0.15) is 5.69 Å². The number of carboxylic acid groups (broad SMARTS) is 1. The van der Waals surface area contributed by atoms with E-state index >= 15 is 0 Å². The monoisotopic (exact) mass is 213 g/mol. The number of H-pyrrole nitrogens is 1. The summed E-state index contributed by atoms with van der Waals surface area (Å²) in [6.45, 7) is 1.05. The highest BCUT2D eigenvalue weighted by Gasteiger charge is 2.20. The summed E-state index contributed by atoms with van der Waals surface area (Å²) in [4.78, 5) is 21.9. The summed E-state index contributed by atoms with van der Waals surface area (Å²) in [5.74, 6) is -1.93. The second-order valence-electron chi connectivity index (χ2n) is 2.98. The van der Waals surface area contributed by atoms with Crippen LogP contribution in [-0.4, -0.2) is 44.9 Å². The fraction of sp³-hybridized carbons (Fsp3) is 0.375. The summed E-state index contributed by atoms with van der Waals surface area (Å²) in [6, 6.07) is 0.167. The molecule has 1 heterocycles. The Hall–Kier alpha value is -1.89. The third-order valence-electron chi connectivity index (χ3n) is 1.72. The fourth-order valence-electron chi connectivity index (χ4n) is 0.952. The molecule has 0 aliphatic rings. The van der Waals surface area contributed by atoms with E-state index in [-0.39, 0.29) is 5.69 Å². The Labute approximate surface area is 85.1 Å². The minimum Gasteiger partial charge on any atom is -0.480 e. The third-order valence-corrected chi connectivity index (χ3v) is 1.72. The van der Waals surface area contributed by atoms with Gasteiger partial charge in [-0.3, -0.25) is 9.89 Å². The summed E-state index contributed by atoms with van der Waals surface area (Å²) in [5, 5.41) is 25.6. The zero-order chi connectivity index (χ0) is 11.4. The van der Waals surface area contributed by atoms with Crippen LogP contribution in [-0.2, 0) is 4.79 Å². The zero-order valence-electron chi connectivity index (χ0n) is 8.02. The molecule has 82 valence electrons. The Kier molecular flexibility index (Phi) is 3.40. The van der Waals surface area contributed by atoms with Crippen LogP contribution in [0.2, 0.25) is 0 Å². The van der Waals surface area contributed by atoms with Crippen molar-refractivity contribution in [2.45, 2.75) is 13.0 Å². The molecule has 7 heteroatoms. The number of aromatic nitrogens is 2. The number of carbonyl (C=O) groups excluding carboxylic acids is 1. The molecule has 1 aromatic heterocycles. The number of rotatable bonds is 4. The Morgan fingerprint density at radius 2 is 2.33 bits per heavy atom. The number of aliphatic carboxylic acids is 1. The molecule has 1 amide bonds. The molecule has 0 saturated carbocycles. The van der Waals surface area contributed by atoms with Gasteiger partial charge in [-0.25, -0.2) is 4.79 Å². The number of nitrogens with one attached hydrogen (secondary N) is 2. The van der Waals surface area contributed by atoms with Gasteiger partial charge in [0.2, 0.25) is 0 Å². The van der Waals surface area contributed by atoms with Gasteiger partial charge >= 0.3 is 5.97 Å². The maximum atomic E-state index is 11.4. The maximum absolute atomic E-state index is 11.4. The highest BCUT2D eigenvalue weighted by molar-refractivity contribution is 5.95. The molecule has 1 aromatic rings. The van der Waals surface area contributed by atoms with Crippen LogP contribution in [0.1, 0.15) is 16.2 Å². The van der Waals surface area contributed by atoms with Crippen LogP contribution in [0.25, 0.3) is 0 Å². The number of carboxylic acids is 1. The second kappa shape index (κ2) is 4.56. The Morgan fingerprint density at radius 3 is 2.73 bits per heavy atom. The zero-order valence-corrected chi connectivity index (χ0v) is 8.02. The molecule has 7 nitrogen and oxygen atoms in total. The molecule has 1 atom stereocenters. The lowest BCUT2D eigenvalue weighted by molar-refractivity contribution is -0.140. The van der Waals surface area contributed by atoms with Crippen molar-refractivity contribution in [1.29, 1.82) is 0 Å². The first-order valence-electron chi connectivity index (χ1n) is 4.21. The average molecular weight is 213 g/mol. The number of nitrogens with zero attached hydrogens (tertiary/aromatic N) is 1. The lowest BCUT2D eigenvalue weighted by atomic mass is 10.3. The summed E-state index contributed by atoms with van der Waals surface area (Å²) < 4.78 is 0. The quantitative estimate of drug-likeness (QED) is 0.506. The highest BCUT2D eigenvalue weighted by atomic mass is 16.4. The molecule has 0 saturated heterocycles. The van der Waals surface area contributed by atoms with Gasteiger partial charge < -0.3 is 15.5 Å². The number of aromatic amines is 1. The number of hydrogen-bond donors (Lipinski definition) is 4. The summed E-state index contributed by atoms with van der Waals surface area (Å²) in [5.41, 5.74) is 0.781. The largest absolute Gasteiger partial charge is 0.480 e. The molecule has 4 N–H and O–H groups in total. The molecule has 0 fully saturated rings. The molecule has 0 spiro atoms. The lowest BCUT2D eigenvalue weighted by Crippen LogP contribution is -2.43. The summed E-state index contributed by atoms with van der Waals surface area (Å²) >= 11 is 0. The standard InChI is InChI=1S/C8H11N3O4/c1-4-2-5(11-10-4)7(13)9-6(3-12)8(14)15/h2,6,12H,3H2,1H3,(H,9,13)(H,10,11)(H,14,15)/t6-/m0/s1. The highest BCUT2D eigenvalue weighted by Crippen LogP contribution is 1.98. The van der Waals surface area contributed by atoms with E-state index in [2.05, 4.69) is 15.5 Å². The van der Waals surface area contributed by atoms with Crippen LogP contribution in [0.3, 0.4) is 0 Å². The number of aliphatic hydroxyl groups excluding tert-OH is 1. The van der Waals surface area contributed by atoms with Gasteiger partial charge in [-0.1, -0.05) is 0 Å². The molecular weight excluding hydrogens is 202 g/mol. The fourth-order valence-corrected chi connectivity index (χ4v) is 0.952. The van der Waals surface area contributed by atoms with Crippen LogP contribution in [0.15, 0.2) is 6.07 Å². The van der Waals surface area contributed by atoms with Crippen LogP contribution in [0.5, 0.6) is 0 Å². The van der Waals surface area contributed by atoms with Crippen molar-refractivity contribution in [2.24, 2.45) is 0 Å². The predicted octanol–water partition coefficient (Wildman–Crippen LogP) is -1.11. The van der Waals surface area contributed by atoms with Crippen molar-refractivity contribution in [3.63, 3.8) is 0 Å². The van der Waals surface area contributed by atoms with E-state index in [1.54, 1.807) is 6.92 Å². The Balaban J connectivity index is 2.66. The van der Waals surface area contributed by atoms with Crippen molar-refractivity contribution in [3.8, 4) is 0 Å². The van der Waals surface area contributed by atoms with Gasteiger partial charge in [-0.2, -0.15) is 5.10 Å². The van der Waals surface area contributed by atoms with E-state index < -0.39 is 24.5 Å². The van der Waals surface area contributed by atoms with Crippen LogP contribution >= 0.6 is 0 Å². The molecule has 0 unspecified atom stereocenters. The lowest BCUT2D eigenvalue weighted by Gasteiger charge is -2.09. The number of aliphatic hydroxyl groups is 1. The van der Waals surface area contributed by atoms with Crippen LogP contribution < -0.4 is 5.32 Å². The maximum Gasteiger partial charge on any atom is 0.328 e. The smallest absolute Gasteiger partial charge is 0.328 e. The molecule has 15 heavy (non-hydrogen) atoms. The first kappa shape index (κ1) is 11.2. The molecule has 0 aromatic carbocycles. The van der Waals surface area contributed by atoms with Gasteiger partial charge in [-0.05, 0) is 13.0 Å². The minimum atomic E-state index is -1.31. The van der Waals surface area contributed by atoms with Crippen LogP contribution in [0, 0.1) is 6.92 Å². The van der Waals surface area contributed by atoms with Gasteiger partial charge in [0, 0.05) is 5.69 Å². The van der Waals surface area contributed by atoms with Crippen molar-refractivity contribution in [2.75, 3.05) is 6.61 Å². The molecular formula is C8H11N3O4. The average Bonchev–Trinajstić information content (AvgIpc) is 2.60. The molecule has 0 radical (unpaired) electrons. The third kappa shape index (κ3) is 2.78. The minimum absolute atomic E-state index is 0.0900. The number of carbonyl (C=O) groups is 2. The van der Waals surface area contributed by atoms with Crippen molar-refractivity contribution >= 4 is 11.9 Å². The summed E-state index contributed by atoms with van der Waals surface area (Å²) in [7, 11) is 0. The number of hydrogen-bond acceptors (Lipinski definition) is 4. The first-order valence-corrected chi connectivity index (χ1v) is 4.21. The van der Waals surface area contributed by atoms with Gasteiger partial charge in [0.25, 0.3) is 5.91 Å². The van der Waals surface area contributed by atoms with Gasteiger partial charge in [-0.15, -0.1) is 0 Å². The molecule has 0 aliphatic heterocycles. The number of amides is 1. The van der Waals surface area contributed by atoms with Gasteiger partial charge in [0.15, 0.2) is 6.04 Å². The van der Waals surface area contributed by atoms with E-state index in [4.69, 9.17) is 10.2 Å². The predicted molar refractivity (Wildman–Crippen MR) is 49.3 cm³/mol. The van der Waals surface area contributed by atoms with E-state index in [1.165, 1.54) is 6.07 Å². The van der Waals surface area contributed by atoms with E-state index in [0.717, 1.165) is 0 Å². The number of aryl methyl sites for hydroxylation is 1. The molecule has 0 aliphatic carbocycles. The van der Waals surface area contributed by atoms with E-state index in [9.17, 15) is 9.59 Å². The van der Waals surface area contributed by atoms with Crippen molar-refractivity contribution in [3.05, 3.63) is 17.5 Å². The summed E-state index contributed by atoms with van der Waals surface area (Å²) in [6.07, 6.45) is 0. The SMILES string of the molecule is Cc1cc(C(=O)N[C@@H](CO)C(=O)O)n[nH]1. The van der Waals surface area contributed by atoms with Gasteiger partial charge in [0.05, 0.1) is 6.61 Å². The van der Waals surface area contributed by atoms with Crippen molar-refractivity contribution < 1.29 is 19.8 Å². The molecule has 1 rings (SSSR count). The Morgan fingerprint density at radius 1 is 1.67 bits per heavy atom. The first-order chi connectivity index (χ1) is 7.04. The van der Waals surface area contributed by atoms with Crippen LogP contribution in [0.4, 0.5) is 0 Å². The van der Waals surface area contributed by atoms with E-state index in [1.807, 2.05) is 0 Å². The molecule has 0 bridgehead atoms. The second-order valence-corrected chi connectivity index (χ2v) is 2.98. The normalized spacial score (nSPS) is 12.1. The van der Waals surface area contributed by atoms with E-state index in [0.29, 0.717) is 5.69 Å². The Bertz CT molecular complexity index is 374.